The fraction of sp³-hybridized carbons (Fsp3) is 0.647. The molecule has 1 aliphatic heterocycles. The lowest BCUT2D eigenvalue weighted by atomic mass is 9.97. The monoisotopic (exact) mass is 262 g/mol. The highest BCUT2D eigenvalue weighted by Gasteiger charge is 2.16. The van der Waals surface area contributed by atoms with Crippen molar-refractivity contribution in [1.82, 2.24) is 0 Å². The predicted molar refractivity (Wildman–Crippen MR) is 78.5 cm³/mol. The lowest BCUT2D eigenvalue weighted by molar-refractivity contribution is 0.0945. The van der Waals surface area contributed by atoms with Crippen LogP contribution in [-0.2, 0) is 11.2 Å². The molecule has 1 saturated heterocycles. The van der Waals surface area contributed by atoms with Gasteiger partial charge in [0.15, 0.2) is 0 Å². The van der Waals surface area contributed by atoms with Crippen LogP contribution in [0.15, 0.2) is 18.2 Å². The van der Waals surface area contributed by atoms with Gasteiger partial charge in [0.05, 0.1) is 12.2 Å². The molecule has 0 radical (unpaired) electrons. The van der Waals surface area contributed by atoms with Crippen molar-refractivity contribution in [2.24, 2.45) is 0 Å². The van der Waals surface area contributed by atoms with Crippen molar-refractivity contribution in [3.8, 4) is 0 Å². The second-order valence-electron chi connectivity index (χ2n) is 5.85. The van der Waals surface area contributed by atoms with Gasteiger partial charge in [-0.2, -0.15) is 0 Å². The average molecular weight is 262 g/mol. The molecule has 1 aromatic rings. The molecular weight excluding hydrogens is 236 g/mol. The summed E-state index contributed by atoms with van der Waals surface area (Å²) >= 11 is 0. The minimum absolute atomic E-state index is 0.220. The zero-order valence-corrected chi connectivity index (χ0v) is 12.2. The Hall–Kier alpha value is -0.860. The fourth-order valence-corrected chi connectivity index (χ4v) is 2.83. The molecule has 0 bridgehead atoms. The Labute approximate surface area is 116 Å². The van der Waals surface area contributed by atoms with Gasteiger partial charge in [0.1, 0.15) is 0 Å². The molecule has 0 spiro atoms. The molecular formula is C17H26O2. The van der Waals surface area contributed by atoms with Crippen LogP contribution in [-0.4, -0.2) is 23.9 Å². The van der Waals surface area contributed by atoms with Crippen LogP contribution in [0.2, 0.25) is 0 Å². The number of ether oxygens (including phenoxy) is 1. The molecule has 19 heavy (non-hydrogen) atoms. The number of rotatable bonds is 6. The Morgan fingerprint density at radius 3 is 2.95 bits per heavy atom. The number of benzene rings is 1. The van der Waals surface area contributed by atoms with Crippen LogP contribution in [0.5, 0.6) is 0 Å². The normalized spacial score (nSPS) is 20.7. The van der Waals surface area contributed by atoms with Gasteiger partial charge in [-0.3, -0.25) is 0 Å². The first-order chi connectivity index (χ1) is 9.15. The molecule has 1 N–H and O–H groups in total. The van der Waals surface area contributed by atoms with Gasteiger partial charge in [-0.25, -0.2) is 0 Å². The van der Waals surface area contributed by atoms with Gasteiger partial charge in [0.25, 0.3) is 0 Å². The quantitative estimate of drug-likeness (QED) is 0.849. The van der Waals surface area contributed by atoms with Gasteiger partial charge in [-0.05, 0) is 63.5 Å². The first-order valence-electron chi connectivity index (χ1n) is 7.51. The maximum absolute atomic E-state index is 10.2. The Morgan fingerprint density at radius 1 is 1.37 bits per heavy atom. The van der Waals surface area contributed by atoms with Crippen LogP contribution in [0.25, 0.3) is 0 Å². The van der Waals surface area contributed by atoms with Crippen LogP contribution in [0.4, 0.5) is 0 Å². The smallest absolute Gasteiger partial charge is 0.0580 e. The Bertz CT molecular complexity index is 394. The van der Waals surface area contributed by atoms with E-state index < -0.39 is 0 Å². The van der Waals surface area contributed by atoms with Gasteiger partial charge in [-0.15, -0.1) is 0 Å². The molecule has 0 aliphatic carbocycles. The van der Waals surface area contributed by atoms with Crippen molar-refractivity contribution >= 4 is 0 Å². The summed E-state index contributed by atoms with van der Waals surface area (Å²) in [5, 5.41) is 10.2. The summed E-state index contributed by atoms with van der Waals surface area (Å²) in [6.45, 7) is 5.15. The first kappa shape index (κ1) is 14.5. The fourth-order valence-electron chi connectivity index (χ4n) is 2.83. The molecule has 0 amide bonds. The van der Waals surface area contributed by atoms with Crippen LogP contribution in [0, 0.1) is 13.8 Å². The zero-order valence-electron chi connectivity index (χ0n) is 12.2. The second kappa shape index (κ2) is 7.06. The second-order valence-corrected chi connectivity index (χ2v) is 5.85. The SMILES string of the molecule is Cc1ccc(C)c(CC(O)CCCC2CCCO2)c1. The minimum Gasteiger partial charge on any atom is -0.393 e. The summed E-state index contributed by atoms with van der Waals surface area (Å²) < 4.78 is 5.61. The van der Waals surface area contributed by atoms with Crippen LogP contribution in [0.1, 0.15) is 48.8 Å². The molecule has 2 rings (SSSR count). The summed E-state index contributed by atoms with van der Waals surface area (Å²) in [7, 11) is 0. The Kier molecular flexibility index (Phi) is 5.41. The van der Waals surface area contributed by atoms with Crippen LogP contribution in [0.3, 0.4) is 0 Å². The third-order valence-electron chi connectivity index (χ3n) is 4.05. The van der Waals surface area contributed by atoms with E-state index in [2.05, 4.69) is 32.0 Å². The third-order valence-corrected chi connectivity index (χ3v) is 4.05. The molecule has 2 heteroatoms. The highest BCUT2D eigenvalue weighted by Crippen LogP contribution is 2.20. The summed E-state index contributed by atoms with van der Waals surface area (Å²) in [6.07, 6.45) is 6.46. The summed E-state index contributed by atoms with van der Waals surface area (Å²) in [6, 6.07) is 6.46. The van der Waals surface area contributed by atoms with E-state index in [-0.39, 0.29) is 6.10 Å². The van der Waals surface area contributed by atoms with E-state index in [4.69, 9.17) is 4.74 Å². The number of aryl methyl sites for hydroxylation is 2. The topological polar surface area (TPSA) is 29.5 Å². The average Bonchev–Trinajstić information content (AvgIpc) is 2.87. The molecule has 0 aromatic heterocycles. The van der Waals surface area contributed by atoms with Gasteiger partial charge in [0.2, 0.25) is 0 Å². The van der Waals surface area contributed by atoms with Gasteiger partial charge < -0.3 is 9.84 Å². The summed E-state index contributed by atoms with van der Waals surface area (Å²) in [5.41, 5.74) is 3.83. The lowest BCUT2D eigenvalue weighted by Gasteiger charge is -2.14. The minimum atomic E-state index is -0.220. The molecule has 106 valence electrons. The molecule has 2 nitrogen and oxygen atoms in total. The Balaban J connectivity index is 1.73. The molecule has 2 atom stereocenters. The highest BCUT2D eigenvalue weighted by molar-refractivity contribution is 5.30. The van der Waals surface area contributed by atoms with Crippen molar-refractivity contribution in [1.29, 1.82) is 0 Å². The largest absolute Gasteiger partial charge is 0.393 e. The third kappa shape index (κ3) is 4.63. The molecule has 1 aromatic carbocycles. The van der Waals surface area contributed by atoms with E-state index in [1.165, 1.54) is 29.5 Å². The van der Waals surface area contributed by atoms with Crippen LogP contribution >= 0.6 is 0 Å². The van der Waals surface area contributed by atoms with Crippen molar-refractivity contribution in [2.75, 3.05) is 6.61 Å². The Morgan fingerprint density at radius 2 is 2.21 bits per heavy atom. The highest BCUT2D eigenvalue weighted by atomic mass is 16.5. The van der Waals surface area contributed by atoms with E-state index in [1.54, 1.807) is 0 Å². The first-order valence-corrected chi connectivity index (χ1v) is 7.51. The lowest BCUT2D eigenvalue weighted by Crippen LogP contribution is -2.13. The molecule has 1 heterocycles. The van der Waals surface area contributed by atoms with Crippen molar-refractivity contribution in [3.63, 3.8) is 0 Å². The number of hydrogen-bond donors (Lipinski definition) is 1. The van der Waals surface area contributed by atoms with Gasteiger partial charge in [-0.1, -0.05) is 23.8 Å². The molecule has 2 unspecified atom stereocenters. The molecule has 1 aliphatic rings. The number of aliphatic hydroxyl groups excluding tert-OH is 1. The van der Waals surface area contributed by atoms with E-state index >= 15 is 0 Å². The van der Waals surface area contributed by atoms with Gasteiger partial charge in [0, 0.05) is 6.61 Å². The zero-order chi connectivity index (χ0) is 13.7. The number of hydrogen-bond acceptors (Lipinski definition) is 2. The van der Waals surface area contributed by atoms with E-state index in [9.17, 15) is 5.11 Å². The molecule has 1 fully saturated rings. The number of aliphatic hydroxyl groups is 1. The van der Waals surface area contributed by atoms with Crippen molar-refractivity contribution in [3.05, 3.63) is 34.9 Å². The van der Waals surface area contributed by atoms with Crippen molar-refractivity contribution in [2.45, 2.75) is 64.6 Å². The predicted octanol–water partition coefficient (Wildman–Crippen LogP) is 3.56. The van der Waals surface area contributed by atoms with E-state index in [0.717, 1.165) is 32.3 Å². The maximum Gasteiger partial charge on any atom is 0.0580 e. The summed E-state index contributed by atoms with van der Waals surface area (Å²) in [4.78, 5) is 0. The summed E-state index contributed by atoms with van der Waals surface area (Å²) in [5.74, 6) is 0. The van der Waals surface area contributed by atoms with E-state index in [0.29, 0.717) is 6.10 Å². The maximum atomic E-state index is 10.2. The van der Waals surface area contributed by atoms with Crippen molar-refractivity contribution < 1.29 is 9.84 Å². The molecule has 0 saturated carbocycles. The van der Waals surface area contributed by atoms with Gasteiger partial charge >= 0.3 is 0 Å². The van der Waals surface area contributed by atoms with E-state index in [1.807, 2.05) is 0 Å². The van der Waals surface area contributed by atoms with Crippen LogP contribution < -0.4 is 0 Å². The standard InChI is InChI=1S/C17H26O2/c1-13-8-9-14(2)15(11-13)12-16(18)5-3-6-17-7-4-10-19-17/h8-9,11,16-18H,3-7,10,12H2,1-2H3.